The molecular formula is C10H11O2S-. The Balaban J connectivity index is 1.92. The first-order valence-corrected chi connectivity index (χ1v) is 5.53. The van der Waals surface area contributed by atoms with Gasteiger partial charge in [0, 0.05) is 5.25 Å². The maximum absolute atomic E-state index is 10.6. The molecule has 1 aliphatic rings. The van der Waals surface area contributed by atoms with E-state index in [1.807, 2.05) is 30.3 Å². The molecule has 3 unspecified atom stereocenters. The molecule has 1 aromatic carbocycles. The number of hydrogen-bond donors (Lipinski definition) is 0. The van der Waals surface area contributed by atoms with Gasteiger partial charge >= 0.3 is 0 Å². The summed E-state index contributed by atoms with van der Waals surface area (Å²) in [6, 6.07) is 10.0. The maximum atomic E-state index is 10.6. The molecule has 1 aliphatic carbocycles. The first kappa shape index (κ1) is 8.91. The highest BCUT2D eigenvalue weighted by Gasteiger charge is 2.37. The average Bonchev–Trinajstić information content (AvgIpc) is 2.86. The van der Waals surface area contributed by atoms with Crippen molar-refractivity contribution >= 4 is 11.1 Å². The summed E-state index contributed by atoms with van der Waals surface area (Å²) in [6.07, 6.45) is 1.74. The van der Waals surface area contributed by atoms with Gasteiger partial charge in [-0.1, -0.05) is 41.4 Å². The van der Waals surface area contributed by atoms with Crippen LogP contribution in [0.1, 0.15) is 12.0 Å². The van der Waals surface area contributed by atoms with Gasteiger partial charge in [-0.2, -0.15) is 0 Å². The summed E-state index contributed by atoms with van der Waals surface area (Å²) in [7, 11) is 0. The predicted octanol–water partition coefficient (Wildman–Crippen LogP) is 1.50. The van der Waals surface area contributed by atoms with Crippen molar-refractivity contribution < 1.29 is 8.76 Å². The molecule has 1 aromatic rings. The van der Waals surface area contributed by atoms with Gasteiger partial charge in [0.05, 0.1) is 0 Å². The number of hydrogen-bond acceptors (Lipinski definition) is 2. The molecule has 3 heteroatoms. The lowest BCUT2D eigenvalue weighted by Crippen LogP contribution is -1.99. The second-order valence-electron chi connectivity index (χ2n) is 3.48. The van der Waals surface area contributed by atoms with Crippen molar-refractivity contribution in [3.8, 4) is 0 Å². The Morgan fingerprint density at radius 3 is 2.62 bits per heavy atom. The SMILES string of the molecule is O=S([O-])C1CC1Cc1ccccc1. The van der Waals surface area contributed by atoms with E-state index < -0.39 is 11.1 Å². The summed E-state index contributed by atoms with van der Waals surface area (Å²) in [4.78, 5) is 0. The highest BCUT2D eigenvalue weighted by Crippen LogP contribution is 2.37. The van der Waals surface area contributed by atoms with Crippen molar-refractivity contribution in [1.29, 1.82) is 0 Å². The smallest absolute Gasteiger partial charge is 0.0250 e. The highest BCUT2D eigenvalue weighted by molar-refractivity contribution is 7.80. The minimum absolute atomic E-state index is 0.0831. The van der Waals surface area contributed by atoms with Crippen LogP contribution < -0.4 is 0 Å². The van der Waals surface area contributed by atoms with Gasteiger partial charge in [-0.05, 0) is 24.3 Å². The molecule has 2 nitrogen and oxygen atoms in total. The van der Waals surface area contributed by atoms with Crippen LogP contribution in [-0.2, 0) is 17.5 Å². The van der Waals surface area contributed by atoms with Crippen molar-refractivity contribution in [1.82, 2.24) is 0 Å². The monoisotopic (exact) mass is 195 g/mol. The number of benzene rings is 1. The molecule has 0 saturated heterocycles. The zero-order chi connectivity index (χ0) is 9.26. The number of rotatable bonds is 3. The van der Waals surface area contributed by atoms with Gasteiger partial charge in [-0.3, -0.25) is 4.21 Å². The van der Waals surface area contributed by atoms with Crippen molar-refractivity contribution in [3.05, 3.63) is 35.9 Å². The van der Waals surface area contributed by atoms with Gasteiger partial charge in [-0.15, -0.1) is 0 Å². The Bertz CT molecular complexity index is 310. The van der Waals surface area contributed by atoms with E-state index in [0.717, 1.165) is 12.8 Å². The van der Waals surface area contributed by atoms with E-state index in [9.17, 15) is 8.76 Å². The van der Waals surface area contributed by atoms with Crippen LogP contribution in [0.2, 0.25) is 0 Å². The van der Waals surface area contributed by atoms with Crippen LogP contribution in [0.4, 0.5) is 0 Å². The van der Waals surface area contributed by atoms with E-state index in [-0.39, 0.29) is 5.25 Å². The summed E-state index contributed by atoms with van der Waals surface area (Å²) in [5.41, 5.74) is 1.24. The minimum atomic E-state index is -1.86. The van der Waals surface area contributed by atoms with Crippen molar-refractivity contribution in [3.63, 3.8) is 0 Å². The molecule has 0 aliphatic heterocycles. The molecule has 70 valence electrons. The van der Waals surface area contributed by atoms with E-state index in [1.54, 1.807) is 0 Å². The third kappa shape index (κ3) is 2.17. The molecule has 0 spiro atoms. The standard InChI is InChI=1S/C10H12O2S/c11-13(12)10-7-9(10)6-8-4-2-1-3-5-8/h1-5,9-10H,6-7H2,(H,11,12)/p-1. The molecule has 0 amide bonds. The topological polar surface area (TPSA) is 40.1 Å². The largest absolute Gasteiger partial charge is 0.772 e. The summed E-state index contributed by atoms with van der Waals surface area (Å²) in [5, 5.41) is -0.0831. The van der Waals surface area contributed by atoms with Crippen LogP contribution in [-0.4, -0.2) is 14.0 Å². The molecule has 0 bridgehead atoms. The average molecular weight is 195 g/mol. The van der Waals surface area contributed by atoms with E-state index in [0.29, 0.717) is 5.92 Å². The molecule has 13 heavy (non-hydrogen) atoms. The van der Waals surface area contributed by atoms with Crippen LogP contribution in [0.15, 0.2) is 30.3 Å². The van der Waals surface area contributed by atoms with E-state index >= 15 is 0 Å². The fourth-order valence-corrected chi connectivity index (χ4v) is 2.40. The molecule has 0 N–H and O–H groups in total. The van der Waals surface area contributed by atoms with Crippen LogP contribution >= 0.6 is 0 Å². The second kappa shape index (κ2) is 3.60. The first-order valence-electron chi connectivity index (χ1n) is 4.39. The van der Waals surface area contributed by atoms with Crippen molar-refractivity contribution in [2.24, 2.45) is 5.92 Å². The Morgan fingerprint density at radius 2 is 2.08 bits per heavy atom. The Kier molecular flexibility index (Phi) is 2.47. The normalized spacial score (nSPS) is 28.4. The maximum Gasteiger partial charge on any atom is 0.0250 e. The van der Waals surface area contributed by atoms with Gasteiger partial charge in [0.2, 0.25) is 0 Å². The van der Waals surface area contributed by atoms with Gasteiger partial charge in [0.15, 0.2) is 0 Å². The minimum Gasteiger partial charge on any atom is -0.772 e. The van der Waals surface area contributed by atoms with E-state index in [1.165, 1.54) is 5.56 Å². The quantitative estimate of drug-likeness (QED) is 0.686. The Hall–Kier alpha value is -0.670. The third-order valence-corrected chi connectivity index (χ3v) is 3.52. The van der Waals surface area contributed by atoms with Gasteiger partial charge in [0.25, 0.3) is 0 Å². The molecule has 2 rings (SSSR count). The highest BCUT2D eigenvalue weighted by atomic mass is 32.2. The summed E-state index contributed by atoms with van der Waals surface area (Å²) in [6.45, 7) is 0. The van der Waals surface area contributed by atoms with Gasteiger partial charge < -0.3 is 4.55 Å². The predicted molar refractivity (Wildman–Crippen MR) is 51.0 cm³/mol. The molecule has 0 radical (unpaired) electrons. The van der Waals surface area contributed by atoms with Crippen LogP contribution in [0, 0.1) is 5.92 Å². The molecule has 0 aromatic heterocycles. The van der Waals surface area contributed by atoms with Crippen LogP contribution in [0.3, 0.4) is 0 Å². The summed E-state index contributed by atoms with van der Waals surface area (Å²) < 4.78 is 21.1. The lowest BCUT2D eigenvalue weighted by Gasteiger charge is -2.03. The molecular weight excluding hydrogens is 184 g/mol. The zero-order valence-electron chi connectivity index (χ0n) is 7.18. The third-order valence-electron chi connectivity index (χ3n) is 2.45. The van der Waals surface area contributed by atoms with Crippen LogP contribution in [0.5, 0.6) is 0 Å². The lowest BCUT2D eigenvalue weighted by atomic mass is 10.1. The fraction of sp³-hybridized carbons (Fsp3) is 0.400. The Morgan fingerprint density at radius 1 is 1.38 bits per heavy atom. The molecule has 1 saturated carbocycles. The summed E-state index contributed by atoms with van der Waals surface area (Å²) >= 11 is -1.86. The Labute approximate surface area is 80.3 Å². The van der Waals surface area contributed by atoms with E-state index in [2.05, 4.69) is 0 Å². The fourth-order valence-electron chi connectivity index (χ4n) is 1.59. The van der Waals surface area contributed by atoms with Crippen molar-refractivity contribution in [2.75, 3.05) is 0 Å². The lowest BCUT2D eigenvalue weighted by molar-refractivity contribution is 0.533. The summed E-state index contributed by atoms with van der Waals surface area (Å²) in [5.74, 6) is 0.362. The molecule has 0 heterocycles. The van der Waals surface area contributed by atoms with Crippen molar-refractivity contribution in [2.45, 2.75) is 18.1 Å². The van der Waals surface area contributed by atoms with Gasteiger partial charge in [-0.25, -0.2) is 0 Å². The van der Waals surface area contributed by atoms with Crippen LogP contribution in [0.25, 0.3) is 0 Å². The van der Waals surface area contributed by atoms with E-state index in [4.69, 9.17) is 0 Å². The molecule has 1 fully saturated rings. The van der Waals surface area contributed by atoms with Gasteiger partial charge in [0.1, 0.15) is 0 Å². The first-order chi connectivity index (χ1) is 6.27. The molecule has 3 atom stereocenters. The second-order valence-corrected chi connectivity index (χ2v) is 4.61. The zero-order valence-corrected chi connectivity index (χ0v) is 8.00.